The van der Waals surface area contributed by atoms with Crippen LogP contribution in [0.4, 0.5) is 5.69 Å². The summed E-state index contributed by atoms with van der Waals surface area (Å²) >= 11 is 0. The number of hydrogen-bond acceptors (Lipinski definition) is 6. The van der Waals surface area contributed by atoms with Gasteiger partial charge in [0.2, 0.25) is 0 Å². The normalized spacial score (nSPS) is 10.8. The number of ether oxygens (including phenoxy) is 2. The first-order valence-corrected chi connectivity index (χ1v) is 9.55. The predicted octanol–water partition coefficient (Wildman–Crippen LogP) is 4.14. The summed E-state index contributed by atoms with van der Waals surface area (Å²) in [6, 6.07) is 7.13. The molecule has 0 saturated heterocycles. The number of carbonyl (C=O) groups excluding carboxylic acids is 1. The van der Waals surface area contributed by atoms with Crippen LogP contribution in [0.1, 0.15) is 45.4 Å². The van der Waals surface area contributed by atoms with Crippen LogP contribution < -0.4 is 15.3 Å². The van der Waals surface area contributed by atoms with Crippen LogP contribution in [0.15, 0.2) is 33.5 Å². The van der Waals surface area contributed by atoms with E-state index in [0.29, 0.717) is 31.0 Å². The summed E-state index contributed by atoms with van der Waals surface area (Å²) in [5.74, 6) is 0.429. The van der Waals surface area contributed by atoms with Crippen molar-refractivity contribution >= 4 is 22.6 Å². The van der Waals surface area contributed by atoms with E-state index in [1.807, 2.05) is 37.2 Å². The van der Waals surface area contributed by atoms with Crippen LogP contribution >= 0.6 is 0 Å². The number of rotatable bonds is 11. The fraction of sp³-hybridized carbons (Fsp3) is 0.524. The van der Waals surface area contributed by atoms with Crippen molar-refractivity contribution in [3.63, 3.8) is 0 Å². The van der Waals surface area contributed by atoms with Crippen LogP contribution in [0.2, 0.25) is 0 Å². The summed E-state index contributed by atoms with van der Waals surface area (Å²) in [5, 5.41) is 0.804. The Morgan fingerprint density at radius 1 is 1.04 bits per heavy atom. The van der Waals surface area contributed by atoms with Gasteiger partial charge in [-0.25, -0.2) is 4.79 Å². The van der Waals surface area contributed by atoms with E-state index in [2.05, 4.69) is 0 Å². The smallest absolute Gasteiger partial charge is 0.339 e. The van der Waals surface area contributed by atoms with E-state index in [1.165, 1.54) is 6.07 Å². The molecule has 2 rings (SSSR count). The van der Waals surface area contributed by atoms with Crippen LogP contribution in [-0.4, -0.2) is 33.3 Å². The Morgan fingerprint density at radius 3 is 2.44 bits per heavy atom. The maximum atomic E-state index is 11.8. The van der Waals surface area contributed by atoms with Crippen LogP contribution in [0.3, 0.4) is 0 Å². The van der Waals surface area contributed by atoms with Crippen molar-refractivity contribution in [2.75, 3.05) is 32.2 Å². The summed E-state index contributed by atoms with van der Waals surface area (Å²) in [4.78, 5) is 24.8. The molecule has 1 aromatic heterocycles. The molecular formula is C21H29NO5. The third-order valence-corrected chi connectivity index (χ3v) is 4.30. The highest BCUT2D eigenvalue weighted by Crippen LogP contribution is 2.27. The van der Waals surface area contributed by atoms with E-state index in [-0.39, 0.29) is 5.97 Å². The van der Waals surface area contributed by atoms with Crippen molar-refractivity contribution in [2.45, 2.75) is 45.4 Å². The highest BCUT2D eigenvalue weighted by atomic mass is 16.5. The average molecular weight is 375 g/mol. The Morgan fingerprint density at radius 2 is 1.74 bits per heavy atom. The molecule has 0 amide bonds. The molecule has 0 radical (unpaired) electrons. The minimum atomic E-state index is -0.407. The first kappa shape index (κ1) is 20.8. The molecule has 0 fully saturated rings. The number of unbranched alkanes of at least 4 members (excludes halogenated alkanes) is 4. The second kappa shape index (κ2) is 10.6. The number of anilines is 1. The summed E-state index contributed by atoms with van der Waals surface area (Å²) in [7, 11) is 3.88. The lowest BCUT2D eigenvalue weighted by Crippen LogP contribution is -2.09. The van der Waals surface area contributed by atoms with E-state index in [4.69, 9.17) is 13.9 Å². The second-order valence-corrected chi connectivity index (χ2v) is 6.69. The minimum Gasteiger partial charge on any atom is -0.493 e. The molecule has 0 atom stereocenters. The fourth-order valence-electron chi connectivity index (χ4n) is 2.72. The van der Waals surface area contributed by atoms with Gasteiger partial charge < -0.3 is 18.8 Å². The molecule has 0 spiro atoms. The van der Waals surface area contributed by atoms with Crippen molar-refractivity contribution in [3.05, 3.63) is 34.7 Å². The Bertz CT molecular complexity index is 797. The highest BCUT2D eigenvalue weighted by molar-refractivity contribution is 5.86. The van der Waals surface area contributed by atoms with E-state index >= 15 is 0 Å². The van der Waals surface area contributed by atoms with Crippen molar-refractivity contribution < 1.29 is 18.7 Å². The third kappa shape index (κ3) is 6.62. The van der Waals surface area contributed by atoms with E-state index in [9.17, 15) is 9.59 Å². The molecule has 0 aliphatic heterocycles. The van der Waals surface area contributed by atoms with Gasteiger partial charge in [0.05, 0.1) is 24.7 Å². The van der Waals surface area contributed by atoms with Gasteiger partial charge in [-0.15, -0.1) is 0 Å². The number of hydrogen-bond donors (Lipinski definition) is 0. The van der Waals surface area contributed by atoms with Gasteiger partial charge in [0.1, 0.15) is 11.3 Å². The van der Waals surface area contributed by atoms with Crippen molar-refractivity contribution in [3.8, 4) is 5.75 Å². The topological polar surface area (TPSA) is 69.0 Å². The molecule has 1 heterocycles. The summed E-state index contributed by atoms with van der Waals surface area (Å²) in [6.45, 7) is 2.85. The molecule has 0 N–H and O–H groups in total. The molecule has 27 heavy (non-hydrogen) atoms. The van der Waals surface area contributed by atoms with Crippen LogP contribution in [-0.2, 0) is 9.53 Å². The van der Waals surface area contributed by atoms with Crippen molar-refractivity contribution in [2.24, 2.45) is 0 Å². The maximum absolute atomic E-state index is 11.8. The largest absolute Gasteiger partial charge is 0.493 e. The third-order valence-electron chi connectivity index (χ3n) is 4.30. The molecular weight excluding hydrogens is 346 g/mol. The van der Waals surface area contributed by atoms with Gasteiger partial charge in [-0.3, -0.25) is 4.79 Å². The summed E-state index contributed by atoms with van der Waals surface area (Å²) in [5.41, 5.74) is 1.09. The zero-order valence-electron chi connectivity index (χ0n) is 16.5. The van der Waals surface area contributed by atoms with Gasteiger partial charge >= 0.3 is 11.6 Å². The summed E-state index contributed by atoms with van der Waals surface area (Å²) < 4.78 is 16.2. The van der Waals surface area contributed by atoms with E-state index in [0.717, 1.165) is 43.2 Å². The van der Waals surface area contributed by atoms with Crippen LogP contribution in [0.25, 0.3) is 11.0 Å². The predicted molar refractivity (Wildman–Crippen MR) is 107 cm³/mol. The number of carbonyl (C=O) groups is 1. The number of fused-ring (bicyclic) bond motifs is 1. The number of benzene rings is 1. The molecule has 0 aliphatic rings. The Hall–Kier alpha value is -2.50. The number of nitrogens with zero attached hydrogens (tertiary/aromatic N) is 1. The van der Waals surface area contributed by atoms with E-state index in [1.54, 1.807) is 6.92 Å². The molecule has 6 heteroatoms. The molecule has 0 unspecified atom stereocenters. The van der Waals surface area contributed by atoms with Gasteiger partial charge in [-0.1, -0.05) is 26.2 Å². The van der Waals surface area contributed by atoms with Crippen LogP contribution in [0.5, 0.6) is 5.75 Å². The quantitative estimate of drug-likeness (QED) is 0.334. The molecule has 2 aromatic rings. The molecule has 0 aliphatic carbocycles. The monoisotopic (exact) mass is 375 g/mol. The fourth-order valence-corrected chi connectivity index (χ4v) is 2.72. The molecule has 6 nitrogen and oxygen atoms in total. The lowest BCUT2D eigenvalue weighted by atomic mass is 10.1. The molecule has 1 aromatic carbocycles. The Kier molecular flexibility index (Phi) is 8.17. The number of esters is 1. The van der Waals surface area contributed by atoms with Gasteiger partial charge in [-0.2, -0.15) is 0 Å². The lowest BCUT2D eigenvalue weighted by molar-refractivity contribution is -0.143. The zero-order valence-corrected chi connectivity index (χ0v) is 16.5. The first-order chi connectivity index (χ1) is 13.0. The Labute approximate surface area is 160 Å². The van der Waals surface area contributed by atoms with Gasteiger partial charge in [0.25, 0.3) is 0 Å². The summed E-state index contributed by atoms with van der Waals surface area (Å²) in [6.07, 6.45) is 5.36. The van der Waals surface area contributed by atoms with Crippen molar-refractivity contribution in [1.82, 2.24) is 0 Å². The minimum absolute atomic E-state index is 0.138. The molecule has 0 saturated carbocycles. The van der Waals surface area contributed by atoms with Gasteiger partial charge in [0, 0.05) is 32.3 Å². The zero-order chi connectivity index (χ0) is 19.6. The average Bonchev–Trinajstić information content (AvgIpc) is 2.65. The molecule has 0 bridgehead atoms. The van der Waals surface area contributed by atoms with E-state index < -0.39 is 5.63 Å². The Balaban J connectivity index is 1.77. The SMILES string of the molecule is CCC(=O)OCCCCCCCOc1cc(=O)oc2cc(N(C)C)ccc12. The van der Waals surface area contributed by atoms with Gasteiger partial charge in [0.15, 0.2) is 0 Å². The lowest BCUT2D eigenvalue weighted by Gasteiger charge is -2.13. The highest BCUT2D eigenvalue weighted by Gasteiger charge is 2.08. The second-order valence-electron chi connectivity index (χ2n) is 6.69. The maximum Gasteiger partial charge on any atom is 0.339 e. The van der Waals surface area contributed by atoms with Gasteiger partial charge in [-0.05, 0) is 25.0 Å². The standard InChI is InChI=1S/C21H29NO5/c1-4-20(23)26-13-9-7-5-6-8-12-25-18-15-21(24)27-19-14-16(22(2)3)10-11-17(18)19/h10-11,14-15H,4-9,12-13H2,1-3H3. The van der Waals surface area contributed by atoms with Crippen molar-refractivity contribution in [1.29, 1.82) is 0 Å². The van der Waals surface area contributed by atoms with Crippen LogP contribution in [0, 0.1) is 0 Å². The first-order valence-electron chi connectivity index (χ1n) is 9.55. The molecule has 148 valence electrons.